The number of ether oxygens (including phenoxy) is 1. The Hall–Kier alpha value is -3.10. The number of carbonyl (C=O) groups is 4. The lowest BCUT2D eigenvalue weighted by Crippen LogP contribution is -2.53. The van der Waals surface area contributed by atoms with Gasteiger partial charge in [0.05, 0.1) is 0 Å². The molecule has 0 aliphatic heterocycles. The van der Waals surface area contributed by atoms with Crippen molar-refractivity contribution in [2.45, 2.75) is 12.0 Å². The van der Waals surface area contributed by atoms with Crippen molar-refractivity contribution in [1.82, 2.24) is 0 Å². The first-order valence-corrected chi connectivity index (χ1v) is 5.40. The molecular weight excluding hydrogens is 288 g/mol. The summed E-state index contributed by atoms with van der Waals surface area (Å²) in [5.74, 6) is -7.88. The second-order valence-corrected chi connectivity index (χ2v) is 3.91. The third kappa shape index (κ3) is 3.26. The lowest BCUT2D eigenvalue weighted by Gasteiger charge is -2.25. The van der Waals surface area contributed by atoms with Crippen LogP contribution in [0.5, 0.6) is 5.75 Å². The van der Waals surface area contributed by atoms with Crippen LogP contribution in [0.15, 0.2) is 24.3 Å². The summed E-state index contributed by atoms with van der Waals surface area (Å²) in [5, 5.41) is 35.6. The normalized spacial score (nSPS) is 10.7. The first-order valence-electron chi connectivity index (χ1n) is 5.40. The van der Waals surface area contributed by atoms with Gasteiger partial charge < -0.3 is 25.2 Å². The fourth-order valence-electron chi connectivity index (χ4n) is 1.50. The molecule has 0 atom stereocenters. The van der Waals surface area contributed by atoms with Crippen LogP contribution in [0, 0.1) is 0 Å². The smallest absolute Gasteiger partial charge is 0.360 e. The molecule has 0 amide bonds. The number of rotatable bonds is 7. The van der Waals surface area contributed by atoms with Crippen LogP contribution in [0.2, 0.25) is 0 Å². The van der Waals surface area contributed by atoms with E-state index >= 15 is 0 Å². The molecule has 112 valence electrons. The number of carboxylic acid groups (broad SMARTS) is 4. The first-order chi connectivity index (χ1) is 9.70. The summed E-state index contributed by atoms with van der Waals surface area (Å²) >= 11 is 0. The molecule has 4 N–H and O–H groups in total. The van der Waals surface area contributed by atoms with Gasteiger partial charge in [-0.05, 0) is 12.1 Å². The number of para-hydroxylation sites is 1. The van der Waals surface area contributed by atoms with Gasteiger partial charge >= 0.3 is 29.5 Å². The van der Waals surface area contributed by atoms with E-state index in [2.05, 4.69) is 0 Å². The topological polar surface area (TPSA) is 158 Å². The average molecular weight is 298 g/mol. The van der Waals surface area contributed by atoms with Gasteiger partial charge in [-0.25, -0.2) is 14.4 Å². The lowest BCUT2D eigenvalue weighted by molar-refractivity contribution is -0.177. The molecule has 0 bridgehead atoms. The summed E-state index contributed by atoms with van der Waals surface area (Å²) in [6.45, 7) is 0. The summed E-state index contributed by atoms with van der Waals surface area (Å²) in [6, 6.07) is 4.70. The van der Waals surface area contributed by atoms with E-state index in [4.69, 9.17) is 25.2 Å². The minimum atomic E-state index is -3.13. The predicted octanol–water partition coefficient (Wildman–Crippen LogP) is 0.146. The Morgan fingerprint density at radius 1 is 0.952 bits per heavy atom. The zero-order valence-electron chi connectivity index (χ0n) is 10.3. The summed E-state index contributed by atoms with van der Waals surface area (Å²) in [4.78, 5) is 44.0. The number of hydrogen-bond acceptors (Lipinski definition) is 5. The van der Waals surface area contributed by atoms with Gasteiger partial charge in [0.15, 0.2) is 0 Å². The molecule has 0 unspecified atom stereocenters. The Morgan fingerprint density at radius 2 is 1.48 bits per heavy atom. The van der Waals surface area contributed by atoms with Gasteiger partial charge in [-0.2, -0.15) is 0 Å². The van der Waals surface area contributed by atoms with Crippen molar-refractivity contribution in [1.29, 1.82) is 0 Å². The molecule has 0 saturated carbocycles. The van der Waals surface area contributed by atoms with Gasteiger partial charge in [0.2, 0.25) is 0 Å². The van der Waals surface area contributed by atoms with Gasteiger partial charge in [0.25, 0.3) is 0 Å². The Balaban J connectivity index is 3.37. The minimum Gasteiger partial charge on any atom is -0.481 e. The Bertz CT molecular complexity index is 591. The SMILES string of the molecule is O=C(O)CC(Oc1ccccc1C(=O)O)(C(=O)O)C(=O)O. The largest absolute Gasteiger partial charge is 0.481 e. The molecule has 1 aromatic carbocycles. The van der Waals surface area contributed by atoms with E-state index in [1.807, 2.05) is 0 Å². The van der Waals surface area contributed by atoms with Crippen LogP contribution in [0.1, 0.15) is 16.8 Å². The molecular formula is C12H10O9. The molecule has 0 radical (unpaired) electrons. The number of carboxylic acids is 4. The van der Waals surface area contributed by atoms with Crippen molar-refractivity contribution in [2.24, 2.45) is 0 Å². The quantitative estimate of drug-likeness (QED) is 0.514. The lowest BCUT2D eigenvalue weighted by atomic mass is 9.99. The van der Waals surface area contributed by atoms with E-state index in [1.165, 1.54) is 12.1 Å². The van der Waals surface area contributed by atoms with Crippen LogP contribution in [0.3, 0.4) is 0 Å². The van der Waals surface area contributed by atoms with E-state index in [0.717, 1.165) is 12.1 Å². The molecule has 0 spiro atoms. The monoisotopic (exact) mass is 298 g/mol. The van der Waals surface area contributed by atoms with Gasteiger partial charge in [-0.15, -0.1) is 0 Å². The second kappa shape index (κ2) is 5.90. The molecule has 0 heterocycles. The second-order valence-electron chi connectivity index (χ2n) is 3.91. The van der Waals surface area contributed by atoms with E-state index < -0.39 is 47.2 Å². The highest BCUT2D eigenvalue weighted by molar-refractivity contribution is 6.05. The van der Waals surface area contributed by atoms with Crippen LogP contribution in [0.4, 0.5) is 0 Å². The molecule has 1 rings (SSSR count). The molecule has 9 nitrogen and oxygen atoms in total. The standard InChI is InChI=1S/C12H10O9/c13-8(14)5-12(10(17)18,11(19)20)21-7-4-2-1-3-6(7)9(15)16/h1-4H,5H2,(H,13,14)(H,15,16)(H,17,18)(H,19,20). The summed E-state index contributed by atoms with van der Waals surface area (Å²) in [5.41, 5.74) is -3.62. The molecule has 0 aromatic heterocycles. The molecule has 21 heavy (non-hydrogen) atoms. The van der Waals surface area contributed by atoms with E-state index in [-0.39, 0.29) is 0 Å². The van der Waals surface area contributed by atoms with Crippen LogP contribution in [0.25, 0.3) is 0 Å². The highest BCUT2D eigenvalue weighted by Gasteiger charge is 2.52. The number of benzene rings is 1. The van der Waals surface area contributed by atoms with Crippen molar-refractivity contribution in [2.75, 3.05) is 0 Å². The number of hydrogen-bond donors (Lipinski definition) is 4. The molecule has 0 aliphatic rings. The van der Waals surface area contributed by atoms with Crippen molar-refractivity contribution in [3.05, 3.63) is 29.8 Å². The third-order valence-electron chi connectivity index (χ3n) is 2.49. The predicted molar refractivity (Wildman–Crippen MR) is 64.3 cm³/mol. The van der Waals surface area contributed by atoms with E-state index in [1.54, 1.807) is 0 Å². The van der Waals surface area contributed by atoms with Crippen molar-refractivity contribution in [3.8, 4) is 5.75 Å². The maximum Gasteiger partial charge on any atom is 0.360 e. The molecule has 0 aliphatic carbocycles. The van der Waals surface area contributed by atoms with Crippen molar-refractivity contribution in [3.63, 3.8) is 0 Å². The van der Waals surface area contributed by atoms with Gasteiger partial charge in [0, 0.05) is 0 Å². The minimum absolute atomic E-state index is 0.491. The highest BCUT2D eigenvalue weighted by Crippen LogP contribution is 2.26. The van der Waals surface area contributed by atoms with Gasteiger partial charge in [0.1, 0.15) is 17.7 Å². The van der Waals surface area contributed by atoms with Gasteiger partial charge in [-0.3, -0.25) is 4.79 Å². The maximum absolute atomic E-state index is 11.2. The van der Waals surface area contributed by atoms with Crippen LogP contribution < -0.4 is 4.74 Å². The number of aromatic carboxylic acids is 1. The third-order valence-corrected chi connectivity index (χ3v) is 2.49. The fourth-order valence-corrected chi connectivity index (χ4v) is 1.50. The maximum atomic E-state index is 11.2. The average Bonchev–Trinajstić information content (AvgIpc) is 2.37. The van der Waals surface area contributed by atoms with Crippen molar-refractivity contribution < 1.29 is 44.3 Å². The van der Waals surface area contributed by atoms with E-state index in [9.17, 15) is 19.2 Å². The number of aliphatic carboxylic acids is 3. The highest BCUT2D eigenvalue weighted by atomic mass is 16.6. The molecule has 9 heteroatoms. The summed E-state index contributed by atoms with van der Waals surface area (Å²) in [6.07, 6.45) is -1.38. The fraction of sp³-hybridized carbons (Fsp3) is 0.167. The zero-order valence-corrected chi connectivity index (χ0v) is 10.3. The van der Waals surface area contributed by atoms with E-state index in [0.29, 0.717) is 0 Å². The summed E-state index contributed by atoms with van der Waals surface area (Å²) < 4.78 is 4.77. The Morgan fingerprint density at radius 3 is 1.90 bits per heavy atom. The van der Waals surface area contributed by atoms with Crippen LogP contribution in [-0.4, -0.2) is 49.9 Å². The summed E-state index contributed by atoms with van der Waals surface area (Å²) in [7, 11) is 0. The zero-order chi connectivity index (χ0) is 16.2. The Kier molecular flexibility index (Phi) is 4.49. The van der Waals surface area contributed by atoms with Crippen LogP contribution >= 0.6 is 0 Å². The molecule has 0 saturated heterocycles. The molecule has 1 aromatic rings. The van der Waals surface area contributed by atoms with Crippen molar-refractivity contribution >= 4 is 23.9 Å². The molecule has 0 fully saturated rings. The Labute approximate surface area is 117 Å². The first kappa shape index (κ1) is 16.0. The van der Waals surface area contributed by atoms with Gasteiger partial charge in [-0.1, -0.05) is 12.1 Å². The van der Waals surface area contributed by atoms with Crippen LogP contribution in [-0.2, 0) is 14.4 Å².